The Morgan fingerprint density at radius 2 is 1.76 bits per heavy atom. The smallest absolute Gasteiger partial charge is 0.335 e. The Balaban J connectivity index is 1.65. The van der Waals surface area contributed by atoms with E-state index in [2.05, 4.69) is 10.3 Å². The van der Waals surface area contributed by atoms with Crippen molar-refractivity contribution in [1.82, 2.24) is 19.4 Å². The van der Waals surface area contributed by atoms with Crippen LogP contribution in [-0.2, 0) is 17.9 Å². The van der Waals surface area contributed by atoms with Crippen LogP contribution in [0.4, 0.5) is 8.78 Å². The van der Waals surface area contributed by atoms with Crippen LogP contribution in [0, 0.1) is 11.6 Å². The van der Waals surface area contributed by atoms with E-state index < -0.39 is 23.2 Å². The van der Waals surface area contributed by atoms with Gasteiger partial charge in [-0.25, -0.2) is 23.1 Å². The summed E-state index contributed by atoms with van der Waals surface area (Å²) in [6.45, 7) is -0.251. The molecule has 2 heterocycles. The van der Waals surface area contributed by atoms with E-state index in [1.54, 1.807) is 30.3 Å². The maximum absolute atomic E-state index is 13.7. The first kappa shape index (κ1) is 18.5. The summed E-state index contributed by atoms with van der Waals surface area (Å²) >= 11 is 0. The molecule has 0 bridgehead atoms. The van der Waals surface area contributed by atoms with Gasteiger partial charge in [0.25, 0.3) is 0 Å². The number of imidazole rings is 1. The topological polar surface area (TPSA) is 68.9 Å². The lowest BCUT2D eigenvalue weighted by molar-refractivity contribution is -0.121. The Morgan fingerprint density at radius 1 is 1.00 bits per heavy atom. The molecular weight excluding hydrogens is 378 g/mol. The second-order valence-corrected chi connectivity index (χ2v) is 6.39. The van der Waals surface area contributed by atoms with Gasteiger partial charge in [0, 0.05) is 18.3 Å². The molecule has 0 radical (unpaired) electrons. The summed E-state index contributed by atoms with van der Waals surface area (Å²) in [5.74, 6) is -1.29. The zero-order valence-electron chi connectivity index (χ0n) is 15.2. The van der Waals surface area contributed by atoms with Crippen molar-refractivity contribution in [2.45, 2.75) is 13.1 Å². The summed E-state index contributed by atoms with van der Waals surface area (Å²) in [4.78, 5) is 29.6. The maximum atomic E-state index is 13.7. The van der Waals surface area contributed by atoms with Crippen LogP contribution in [0.3, 0.4) is 0 Å². The Morgan fingerprint density at radius 3 is 2.52 bits per heavy atom. The van der Waals surface area contributed by atoms with E-state index in [-0.39, 0.29) is 13.1 Å². The van der Waals surface area contributed by atoms with E-state index in [0.29, 0.717) is 22.4 Å². The van der Waals surface area contributed by atoms with Gasteiger partial charge in [0.15, 0.2) is 5.65 Å². The van der Waals surface area contributed by atoms with Crippen molar-refractivity contribution in [3.8, 4) is 5.69 Å². The fraction of sp³-hybridized carbons (Fsp3) is 0.0952. The first-order valence-electron chi connectivity index (χ1n) is 8.87. The monoisotopic (exact) mass is 394 g/mol. The molecule has 1 amide bonds. The summed E-state index contributed by atoms with van der Waals surface area (Å²) in [6.07, 6.45) is 1.53. The van der Waals surface area contributed by atoms with Crippen molar-refractivity contribution in [2.75, 3.05) is 0 Å². The van der Waals surface area contributed by atoms with Crippen molar-refractivity contribution in [3.63, 3.8) is 0 Å². The van der Waals surface area contributed by atoms with Crippen LogP contribution in [0.5, 0.6) is 0 Å². The van der Waals surface area contributed by atoms with Crippen molar-refractivity contribution < 1.29 is 13.6 Å². The molecule has 0 saturated carbocycles. The minimum absolute atomic E-state index is 0.00904. The Hall–Kier alpha value is -3.81. The van der Waals surface area contributed by atoms with Crippen LogP contribution in [-0.4, -0.2) is 20.0 Å². The number of carbonyl (C=O) groups excluding carboxylic acids is 1. The lowest BCUT2D eigenvalue weighted by atomic mass is 10.2. The van der Waals surface area contributed by atoms with E-state index in [0.717, 1.165) is 0 Å². The van der Waals surface area contributed by atoms with Gasteiger partial charge in [0.1, 0.15) is 18.2 Å². The number of fused-ring (bicyclic) bond motifs is 1. The Kier molecular flexibility index (Phi) is 4.90. The first-order chi connectivity index (χ1) is 14.0. The number of hydrogen-bond acceptors (Lipinski definition) is 3. The van der Waals surface area contributed by atoms with Gasteiger partial charge in [-0.05, 0) is 42.5 Å². The number of rotatable bonds is 5. The van der Waals surface area contributed by atoms with Gasteiger partial charge in [-0.15, -0.1) is 0 Å². The molecule has 1 N–H and O–H groups in total. The van der Waals surface area contributed by atoms with Crippen LogP contribution >= 0.6 is 0 Å². The Bertz CT molecular complexity index is 1250. The fourth-order valence-corrected chi connectivity index (χ4v) is 3.10. The average Bonchev–Trinajstić information content (AvgIpc) is 3.00. The van der Waals surface area contributed by atoms with Gasteiger partial charge in [0.05, 0.1) is 11.2 Å². The van der Waals surface area contributed by atoms with Crippen molar-refractivity contribution in [2.24, 2.45) is 0 Å². The van der Waals surface area contributed by atoms with Crippen molar-refractivity contribution >= 4 is 17.1 Å². The van der Waals surface area contributed by atoms with Crippen LogP contribution in [0.1, 0.15) is 5.56 Å². The third-order valence-corrected chi connectivity index (χ3v) is 4.51. The largest absolute Gasteiger partial charge is 0.350 e. The summed E-state index contributed by atoms with van der Waals surface area (Å²) in [5.41, 5.74) is 1.12. The van der Waals surface area contributed by atoms with E-state index in [4.69, 9.17) is 0 Å². The molecule has 2 aromatic heterocycles. The SMILES string of the molecule is O=C(Cn1c(=O)n(-c2ccc(F)cc2)c2ncccc21)NCc1ccccc1F. The van der Waals surface area contributed by atoms with Gasteiger partial charge in [-0.1, -0.05) is 18.2 Å². The minimum Gasteiger partial charge on any atom is -0.350 e. The molecule has 146 valence electrons. The number of nitrogens with one attached hydrogen (secondary N) is 1. The highest BCUT2D eigenvalue weighted by Crippen LogP contribution is 2.16. The fourth-order valence-electron chi connectivity index (χ4n) is 3.10. The number of nitrogens with zero attached hydrogens (tertiary/aromatic N) is 3. The summed E-state index contributed by atoms with van der Waals surface area (Å²) < 4.78 is 29.6. The number of aromatic nitrogens is 3. The molecular formula is C21H16F2N4O2. The third-order valence-electron chi connectivity index (χ3n) is 4.51. The highest BCUT2D eigenvalue weighted by Gasteiger charge is 2.17. The molecule has 4 rings (SSSR count). The predicted octanol–water partition coefficient (Wildman–Crippen LogP) is 2.78. The number of benzene rings is 2. The molecule has 0 aliphatic heterocycles. The molecule has 0 unspecified atom stereocenters. The average molecular weight is 394 g/mol. The number of carbonyl (C=O) groups is 1. The molecule has 0 spiro atoms. The zero-order valence-corrected chi connectivity index (χ0v) is 15.2. The Labute approximate surface area is 164 Å². The highest BCUT2D eigenvalue weighted by atomic mass is 19.1. The summed E-state index contributed by atoms with van der Waals surface area (Å²) in [6, 6.07) is 14.9. The van der Waals surface area contributed by atoms with Crippen LogP contribution in [0.15, 0.2) is 71.7 Å². The second-order valence-electron chi connectivity index (χ2n) is 6.39. The molecule has 0 aliphatic rings. The third kappa shape index (κ3) is 3.64. The van der Waals surface area contributed by atoms with E-state index in [1.807, 2.05) is 0 Å². The number of pyridine rings is 1. The lowest BCUT2D eigenvalue weighted by Gasteiger charge is -2.07. The van der Waals surface area contributed by atoms with Crippen LogP contribution in [0.2, 0.25) is 0 Å². The molecule has 4 aromatic rings. The van der Waals surface area contributed by atoms with Crippen molar-refractivity contribution in [1.29, 1.82) is 0 Å². The summed E-state index contributed by atoms with van der Waals surface area (Å²) in [7, 11) is 0. The standard InChI is InChI=1S/C21H16F2N4O2/c22-15-7-9-16(10-8-15)27-20-18(6-3-11-24-20)26(21(27)29)13-19(28)25-12-14-4-1-2-5-17(14)23/h1-11H,12-13H2,(H,25,28). The number of hydrogen-bond donors (Lipinski definition) is 1. The maximum Gasteiger partial charge on any atom is 0.335 e. The van der Waals surface area contributed by atoms with Crippen molar-refractivity contribution in [3.05, 3.63) is 94.5 Å². The summed E-state index contributed by atoms with van der Waals surface area (Å²) in [5, 5.41) is 2.62. The molecule has 8 heteroatoms. The van der Waals surface area contributed by atoms with E-state index in [9.17, 15) is 18.4 Å². The molecule has 0 fully saturated rings. The lowest BCUT2D eigenvalue weighted by Crippen LogP contribution is -2.32. The normalized spacial score (nSPS) is 11.0. The molecule has 0 aliphatic carbocycles. The molecule has 0 saturated heterocycles. The van der Waals surface area contributed by atoms with Gasteiger partial charge in [-0.2, -0.15) is 0 Å². The van der Waals surface area contributed by atoms with Gasteiger partial charge < -0.3 is 5.32 Å². The second kappa shape index (κ2) is 7.67. The van der Waals surface area contributed by atoms with Gasteiger partial charge in [0.2, 0.25) is 5.91 Å². The van der Waals surface area contributed by atoms with Gasteiger partial charge in [-0.3, -0.25) is 9.36 Å². The molecule has 0 atom stereocenters. The number of halogens is 2. The van der Waals surface area contributed by atoms with E-state index in [1.165, 1.54) is 45.7 Å². The molecule has 6 nitrogen and oxygen atoms in total. The number of amides is 1. The minimum atomic E-state index is -0.480. The quantitative estimate of drug-likeness (QED) is 0.566. The van der Waals surface area contributed by atoms with E-state index >= 15 is 0 Å². The highest BCUT2D eigenvalue weighted by molar-refractivity contribution is 5.80. The van der Waals surface area contributed by atoms with Crippen LogP contribution < -0.4 is 11.0 Å². The zero-order chi connectivity index (χ0) is 20.4. The van der Waals surface area contributed by atoms with Crippen LogP contribution in [0.25, 0.3) is 16.9 Å². The molecule has 29 heavy (non-hydrogen) atoms. The molecule has 2 aromatic carbocycles. The van der Waals surface area contributed by atoms with Gasteiger partial charge >= 0.3 is 5.69 Å². The predicted molar refractivity (Wildman–Crippen MR) is 104 cm³/mol. The first-order valence-corrected chi connectivity index (χ1v) is 8.87.